The molecule has 0 bridgehead atoms. The summed E-state index contributed by atoms with van der Waals surface area (Å²) in [5.74, 6) is 0. The van der Waals surface area contributed by atoms with Crippen molar-refractivity contribution >= 4 is 21.6 Å². The van der Waals surface area contributed by atoms with Crippen LogP contribution in [0.3, 0.4) is 0 Å². The highest BCUT2D eigenvalue weighted by Crippen LogP contribution is 2.21. The molecule has 0 radical (unpaired) electrons. The van der Waals surface area contributed by atoms with Crippen molar-refractivity contribution in [2.24, 2.45) is 5.73 Å². The van der Waals surface area contributed by atoms with Gasteiger partial charge in [0.2, 0.25) is 0 Å². The Labute approximate surface area is 102 Å². The van der Waals surface area contributed by atoms with E-state index in [1.165, 1.54) is 6.07 Å². The first kappa shape index (κ1) is 13.1. The van der Waals surface area contributed by atoms with Crippen molar-refractivity contribution in [1.82, 2.24) is 5.32 Å². The minimum Gasteiger partial charge on any atom is -0.330 e. The van der Waals surface area contributed by atoms with Crippen LogP contribution in [0.1, 0.15) is 12.0 Å². The molecular weight excluding hydrogens is 274 g/mol. The van der Waals surface area contributed by atoms with Crippen LogP contribution in [0.2, 0.25) is 0 Å². The van der Waals surface area contributed by atoms with Gasteiger partial charge in [0.25, 0.3) is 5.69 Å². The third-order valence-corrected chi connectivity index (χ3v) is 2.50. The molecule has 0 unspecified atom stereocenters. The molecule has 6 heteroatoms. The van der Waals surface area contributed by atoms with Gasteiger partial charge in [-0.1, -0.05) is 15.9 Å². The van der Waals surface area contributed by atoms with Gasteiger partial charge in [0, 0.05) is 23.2 Å². The molecule has 0 aliphatic rings. The molecule has 1 rings (SSSR count). The van der Waals surface area contributed by atoms with E-state index >= 15 is 0 Å². The topological polar surface area (TPSA) is 81.2 Å². The van der Waals surface area contributed by atoms with Gasteiger partial charge in [-0.3, -0.25) is 10.1 Å². The molecule has 0 saturated heterocycles. The highest BCUT2D eigenvalue weighted by molar-refractivity contribution is 9.10. The van der Waals surface area contributed by atoms with E-state index in [9.17, 15) is 10.1 Å². The van der Waals surface area contributed by atoms with Crippen LogP contribution in [0.4, 0.5) is 5.69 Å². The first-order chi connectivity index (χ1) is 7.63. The molecule has 0 aliphatic heterocycles. The van der Waals surface area contributed by atoms with Crippen molar-refractivity contribution in [3.63, 3.8) is 0 Å². The summed E-state index contributed by atoms with van der Waals surface area (Å²) in [6, 6.07) is 4.92. The molecule has 1 aromatic rings. The summed E-state index contributed by atoms with van der Waals surface area (Å²) >= 11 is 3.25. The number of nitro groups is 1. The Kier molecular flexibility index (Phi) is 5.37. The number of hydrogen-bond donors (Lipinski definition) is 2. The van der Waals surface area contributed by atoms with Crippen LogP contribution in [0.25, 0.3) is 0 Å². The van der Waals surface area contributed by atoms with Gasteiger partial charge in [-0.05, 0) is 31.1 Å². The van der Waals surface area contributed by atoms with Gasteiger partial charge in [-0.25, -0.2) is 0 Å². The van der Waals surface area contributed by atoms with Crippen LogP contribution in [0, 0.1) is 10.1 Å². The predicted octanol–water partition coefficient (Wildman–Crippen LogP) is 1.80. The summed E-state index contributed by atoms with van der Waals surface area (Å²) in [7, 11) is 0. The second kappa shape index (κ2) is 6.57. The first-order valence-corrected chi connectivity index (χ1v) is 5.77. The van der Waals surface area contributed by atoms with Crippen LogP contribution in [0.15, 0.2) is 22.7 Å². The highest BCUT2D eigenvalue weighted by Gasteiger charge is 2.08. The maximum atomic E-state index is 10.6. The SMILES string of the molecule is NCCCNCc1cc(Br)cc([N+](=O)[O-])c1. The fourth-order valence-electron chi connectivity index (χ4n) is 1.30. The minimum atomic E-state index is -0.395. The van der Waals surface area contributed by atoms with E-state index in [0.717, 1.165) is 23.0 Å². The van der Waals surface area contributed by atoms with Crippen LogP contribution in [-0.4, -0.2) is 18.0 Å². The van der Waals surface area contributed by atoms with E-state index in [0.29, 0.717) is 13.1 Å². The number of nitro benzene ring substituents is 1. The van der Waals surface area contributed by atoms with Gasteiger partial charge in [0.05, 0.1) is 4.92 Å². The average molecular weight is 288 g/mol. The maximum absolute atomic E-state index is 10.6. The molecule has 3 N–H and O–H groups in total. The van der Waals surface area contributed by atoms with Crippen molar-refractivity contribution in [3.05, 3.63) is 38.3 Å². The Morgan fingerprint density at radius 1 is 1.44 bits per heavy atom. The van der Waals surface area contributed by atoms with Crippen LogP contribution in [0.5, 0.6) is 0 Å². The summed E-state index contributed by atoms with van der Waals surface area (Å²) in [6.45, 7) is 2.07. The zero-order valence-electron chi connectivity index (χ0n) is 8.78. The molecule has 16 heavy (non-hydrogen) atoms. The van der Waals surface area contributed by atoms with Gasteiger partial charge in [0.1, 0.15) is 0 Å². The van der Waals surface area contributed by atoms with E-state index in [1.807, 2.05) is 6.07 Å². The highest BCUT2D eigenvalue weighted by atomic mass is 79.9. The largest absolute Gasteiger partial charge is 0.330 e. The summed E-state index contributed by atoms with van der Waals surface area (Å²) in [4.78, 5) is 10.2. The number of rotatable bonds is 6. The van der Waals surface area contributed by atoms with Crippen molar-refractivity contribution < 1.29 is 4.92 Å². The molecule has 5 nitrogen and oxygen atoms in total. The number of hydrogen-bond acceptors (Lipinski definition) is 4. The standard InChI is InChI=1S/C10H14BrN3O2/c11-9-4-8(7-13-3-1-2-12)5-10(6-9)14(15)16/h4-6,13H,1-3,7,12H2. The number of nitrogens with zero attached hydrogens (tertiary/aromatic N) is 1. The Morgan fingerprint density at radius 2 is 2.19 bits per heavy atom. The second-order valence-corrected chi connectivity index (χ2v) is 4.31. The number of benzene rings is 1. The zero-order valence-corrected chi connectivity index (χ0v) is 10.4. The lowest BCUT2D eigenvalue weighted by molar-refractivity contribution is -0.385. The van der Waals surface area contributed by atoms with E-state index in [1.54, 1.807) is 6.07 Å². The van der Waals surface area contributed by atoms with Gasteiger partial charge in [-0.2, -0.15) is 0 Å². The normalized spacial score (nSPS) is 10.4. The Bertz CT molecular complexity index is 371. The Morgan fingerprint density at radius 3 is 2.81 bits per heavy atom. The quantitative estimate of drug-likeness (QED) is 0.475. The molecule has 0 saturated carbocycles. The molecule has 1 aromatic carbocycles. The van der Waals surface area contributed by atoms with E-state index in [-0.39, 0.29) is 5.69 Å². The lowest BCUT2D eigenvalue weighted by Crippen LogP contribution is -2.17. The number of halogens is 1. The van der Waals surface area contributed by atoms with E-state index in [4.69, 9.17) is 5.73 Å². The Balaban J connectivity index is 2.62. The molecule has 0 aromatic heterocycles. The zero-order chi connectivity index (χ0) is 12.0. The molecule has 0 fully saturated rings. The average Bonchev–Trinajstić information content (AvgIpc) is 2.23. The van der Waals surface area contributed by atoms with Crippen molar-refractivity contribution in [1.29, 1.82) is 0 Å². The summed E-state index contributed by atoms with van der Waals surface area (Å²) in [6.07, 6.45) is 0.899. The summed E-state index contributed by atoms with van der Waals surface area (Å²) < 4.78 is 0.720. The Hall–Kier alpha value is -0.980. The first-order valence-electron chi connectivity index (χ1n) is 4.98. The van der Waals surface area contributed by atoms with Crippen LogP contribution >= 0.6 is 15.9 Å². The third kappa shape index (κ3) is 4.26. The van der Waals surface area contributed by atoms with Crippen LogP contribution in [-0.2, 0) is 6.54 Å². The van der Waals surface area contributed by atoms with Crippen molar-refractivity contribution in [2.75, 3.05) is 13.1 Å². The van der Waals surface area contributed by atoms with E-state index in [2.05, 4.69) is 21.2 Å². The molecular formula is C10H14BrN3O2. The molecule has 0 atom stereocenters. The summed E-state index contributed by atoms with van der Waals surface area (Å²) in [5, 5.41) is 13.8. The molecule has 0 aliphatic carbocycles. The van der Waals surface area contributed by atoms with Crippen LogP contribution < -0.4 is 11.1 Å². The van der Waals surface area contributed by atoms with Crippen molar-refractivity contribution in [3.8, 4) is 0 Å². The third-order valence-electron chi connectivity index (χ3n) is 2.04. The second-order valence-electron chi connectivity index (χ2n) is 3.39. The van der Waals surface area contributed by atoms with Crippen molar-refractivity contribution in [2.45, 2.75) is 13.0 Å². The maximum Gasteiger partial charge on any atom is 0.270 e. The predicted molar refractivity (Wildman–Crippen MR) is 66.2 cm³/mol. The summed E-state index contributed by atoms with van der Waals surface area (Å²) in [5.41, 5.74) is 6.35. The fraction of sp³-hybridized carbons (Fsp3) is 0.400. The minimum absolute atomic E-state index is 0.102. The van der Waals surface area contributed by atoms with E-state index < -0.39 is 4.92 Å². The molecule has 0 amide bonds. The smallest absolute Gasteiger partial charge is 0.270 e. The van der Waals surface area contributed by atoms with Gasteiger partial charge in [-0.15, -0.1) is 0 Å². The number of non-ortho nitro benzene ring substituents is 1. The lowest BCUT2D eigenvalue weighted by atomic mass is 10.2. The lowest BCUT2D eigenvalue weighted by Gasteiger charge is -2.04. The van der Waals surface area contributed by atoms with Gasteiger partial charge >= 0.3 is 0 Å². The number of nitrogens with two attached hydrogens (primary N) is 1. The molecule has 0 spiro atoms. The fourth-order valence-corrected chi connectivity index (χ4v) is 1.83. The molecule has 88 valence electrons. The van der Waals surface area contributed by atoms with Gasteiger partial charge in [0.15, 0.2) is 0 Å². The number of nitrogens with one attached hydrogen (secondary N) is 1. The molecule has 0 heterocycles. The van der Waals surface area contributed by atoms with Gasteiger partial charge < -0.3 is 11.1 Å². The monoisotopic (exact) mass is 287 g/mol.